The third-order valence-corrected chi connectivity index (χ3v) is 5.03. The van der Waals surface area contributed by atoms with Crippen molar-refractivity contribution in [2.24, 2.45) is 5.92 Å². The molecule has 1 heterocycles. The summed E-state index contributed by atoms with van der Waals surface area (Å²) in [6.45, 7) is 7.81. The SMILES string of the molecule is Cc1nn(-c2ccc(F)cc2)c(C)c1/C=C/C(=O)NCc1ccc(NC(=O)C(C)C)cc1. The molecule has 32 heavy (non-hydrogen) atoms. The lowest BCUT2D eigenvalue weighted by Crippen LogP contribution is -2.20. The van der Waals surface area contributed by atoms with Crippen molar-refractivity contribution >= 4 is 23.6 Å². The van der Waals surface area contributed by atoms with Crippen molar-refractivity contribution in [2.45, 2.75) is 34.2 Å². The van der Waals surface area contributed by atoms with Gasteiger partial charge in [-0.05, 0) is 61.9 Å². The predicted octanol–water partition coefficient (Wildman–Crippen LogP) is 4.55. The van der Waals surface area contributed by atoms with E-state index in [-0.39, 0.29) is 23.5 Å². The number of nitrogens with one attached hydrogen (secondary N) is 2. The molecule has 3 aromatic rings. The molecule has 2 N–H and O–H groups in total. The quantitative estimate of drug-likeness (QED) is 0.536. The molecule has 3 rings (SSSR count). The van der Waals surface area contributed by atoms with Crippen LogP contribution in [0.5, 0.6) is 0 Å². The first kappa shape index (κ1) is 22.9. The molecular formula is C25H27FN4O2. The fourth-order valence-electron chi connectivity index (χ4n) is 3.13. The second-order valence-electron chi connectivity index (χ2n) is 7.86. The summed E-state index contributed by atoms with van der Waals surface area (Å²) in [5.74, 6) is -0.655. The minimum absolute atomic E-state index is 0.0375. The molecule has 7 heteroatoms. The van der Waals surface area contributed by atoms with Gasteiger partial charge in [-0.1, -0.05) is 26.0 Å². The molecule has 0 spiro atoms. The summed E-state index contributed by atoms with van der Waals surface area (Å²) in [7, 11) is 0. The van der Waals surface area contributed by atoms with Crippen molar-refractivity contribution in [3.05, 3.63) is 82.9 Å². The van der Waals surface area contributed by atoms with Crippen LogP contribution >= 0.6 is 0 Å². The van der Waals surface area contributed by atoms with Gasteiger partial charge in [0.25, 0.3) is 0 Å². The van der Waals surface area contributed by atoms with E-state index in [9.17, 15) is 14.0 Å². The number of benzene rings is 2. The number of carbonyl (C=O) groups excluding carboxylic acids is 2. The van der Waals surface area contributed by atoms with Gasteiger partial charge in [0.05, 0.1) is 11.4 Å². The molecule has 2 aromatic carbocycles. The number of anilines is 1. The van der Waals surface area contributed by atoms with E-state index < -0.39 is 0 Å². The van der Waals surface area contributed by atoms with Gasteiger partial charge in [0.1, 0.15) is 5.82 Å². The Morgan fingerprint density at radius 3 is 2.34 bits per heavy atom. The van der Waals surface area contributed by atoms with Crippen LogP contribution in [0.3, 0.4) is 0 Å². The van der Waals surface area contributed by atoms with Crippen LogP contribution in [0.4, 0.5) is 10.1 Å². The van der Waals surface area contributed by atoms with Gasteiger partial charge in [-0.15, -0.1) is 0 Å². The Hall–Kier alpha value is -3.74. The van der Waals surface area contributed by atoms with Crippen LogP contribution in [0, 0.1) is 25.6 Å². The number of rotatable bonds is 7. The molecule has 0 aliphatic rings. The van der Waals surface area contributed by atoms with Crippen LogP contribution in [-0.4, -0.2) is 21.6 Å². The van der Waals surface area contributed by atoms with Crippen LogP contribution in [0.25, 0.3) is 11.8 Å². The Bertz CT molecular complexity index is 1130. The van der Waals surface area contributed by atoms with Crippen molar-refractivity contribution in [1.82, 2.24) is 15.1 Å². The zero-order valence-electron chi connectivity index (χ0n) is 18.6. The predicted molar refractivity (Wildman–Crippen MR) is 124 cm³/mol. The van der Waals surface area contributed by atoms with E-state index in [1.54, 1.807) is 22.9 Å². The second-order valence-corrected chi connectivity index (χ2v) is 7.86. The Labute approximate surface area is 187 Å². The van der Waals surface area contributed by atoms with E-state index in [4.69, 9.17) is 0 Å². The van der Waals surface area contributed by atoms with Crippen LogP contribution in [0.15, 0.2) is 54.6 Å². The summed E-state index contributed by atoms with van der Waals surface area (Å²) >= 11 is 0. The number of amides is 2. The molecule has 0 aliphatic carbocycles. The molecule has 166 valence electrons. The summed E-state index contributed by atoms with van der Waals surface area (Å²) in [6, 6.07) is 13.5. The standard InChI is InChI=1S/C25H27FN4O2/c1-16(2)25(32)28-21-9-5-19(6-10-21)15-27-24(31)14-13-23-17(3)29-30(18(23)4)22-11-7-20(26)8-12-22/h5-14,16H,15H2,1-4H3,(H,27,31)(H,28,32)/b14-13+. The molecule has 1 aromatic heterocycles. The van der Waals surface area contributed by atoms with Gasteiger partial charge in [0.15, 0.2) is 0 Å². The Balaban J connectivity index is 1.60. The molecule has 0 radical (unpaired) electrons. The Morgan fingerprint density at radius 2 is 1.72 bits per heavy atom. The van der Waals surface area contributed by atoms with E-state index in [1.807, 2.05) is 52.0 Å². The fourth-order valence-corrected chi connectivity index (χ4v) is 3.13. The molecule has 0 unspecified atom stereocenters. The molecule has 0 aliphatic heterocycles. The average molecular weight is 435 g/mol. The van der Waals surface area contributed by atoms with Crippen LogP contribution in [-0.2, 0) is 16.1 Å². The summed E-state index contributed by atoms with van der Waals surface area (Å²) in [5.41, 5.74) is 4.87. The second kappa shape index (κ2) is 10.0. The average Bonchev–Trinajstić information content (AvgIpc) is 3.05. The van der Waals surface area contributed by atoms with Crippen LogP contribution in [0.2, 0.25) is 0 Å². The van der Waals surface area contributed by atoms with Crippen LogP contribution < -0.4 is 10.6 Å². The van der Waals surface area contributed by atoms with E-state index in [0.29, 0.717) is 6.54 Å². The molecule has 6 nitrogen and oxygen atoms in total. The van der Waals surface area contributed by atoms with Gasteiger partial charge in [-0.25, -0.2) is 9.07 Å². The van der Waals surface area contributed by atoms with Gasteiger partial charge in [-0.2, -0.15) is 5.10 Å². The topological polar surface area (TPSA) is 76.0 Å². The van der Waals surface area contributed by atoms with Crippen molar-refractivity contribution in [3.63, 3.8) is 0 Å². The number of nitrogens with zero attached hydrogens (tertiary/aromatic N) is 2. The third-order valence-electron chi connectivity index (χ3n) is 5.03. The number of halogens is 1. The van der Waals surface area contributed by atoms with Crippen LogP contribution in [0.1, 0.15) is 36.4 Å². The number of carbonyl (C=O) groups is 2. The van der Waals surface area contributed by atoms with Crippen molar-refractivity contribution in [1.29, 1.82) is 0 Å². The first-order valence-corrected chi connectivity index (χ1v) is 10.4. The largest absolute Gasteiger partial charge is 0.348 e. The molecular weight excluding hydrogens is 407 g/mol. The van der Waals surface area contributed by atoms with E-state index in [0.717, 1.165) is 33.9 Å². The lowest BCUT2D eigenvalue weighted by Gasteiger charge is -2.08. The first-order valence-electron chi connectivity index (χ1n) is 10.4. The Morgan fingerprint density at radius 1 is 1.06 bits per heavy atom. The summed E-state index contributed by atoms with van der Waals surface area (Å²) in [6.07, 6.45) is 3.21. The first-order chi connectivity index (χ1) is 15.2. The number of aromatic nitrogens is 2. The number of hydrogen-bond acceptors (Lipinski definition) is 3. The molecule has 0 fully saturated rings. The van der Waals surface area contributed by atoms with Gasteiger partial charge in [-0.3, -0.25) is 9.59 Å². The molecule has 0 saturated heterocycles. The van der Waals surface area contributed by atoms with E-state index >= 15 is 0 Å². The lowest BCUT2D eigenvalue weighted by atomic mass is 10.1. The summed E-state index contributed by atoms with van der Waals surface area (Å²) < 4.78 is 14.9. The van der Waals surface area contributed by atoms with Gasteiger partial charge < -0.3 is 10.6 Å². The van der Waals surface area contributed by atoms with Gasteiger partial charge in [0, 0.05) is 35.5 Å². The highest BCUT2D eigenvalue weighted by Crippen LogP contribution is 2.19. The molecule has 0 atom stereocenters. The Kier molecular flexibility index (Phi) is 7.20. The minimum Gasteiger partial charge on any atom is -0.348 e. The number of hydrogen-bond donors (Lipinski definition) is 2. The fraction of sp³-hybridized carbons (Fsp3) is 0.240. The monoisotopic (exact) mass is 434 g/mol. The smallest absolute Gasteiger partial charge is 0.244 e. The number of aryl methyl sites for hydroxylation is 1. The zero-order chi connectivity index (χ0) is 23.3. The maximum atomic E-state index is 13.2. The van der Waals surface area contributed by atoms with Crippen molar-refractivity contribution in [2.75, 3.05) is 5.32 Å². The summed E-state index contributed by atoms with van der Waals surface area (Å²) in [4.78, 5) is 24.0. The maximum Gasteiger partial charge on any atom is 0.244 e. The minimum atomic E-state index is -0.304. The van der Waals surface area contributed by atoms with Gasteiger partial charge >= 0.3 is 0 Å². The lowest BCUT2D eigenvalue weighted by molar-refractivity contribution is -0.119. The highest BCUT2D eigenvalue weighted by Gasteiger charge is 2.11. The normalized spacial score (nSPS) is 11.2. The highest BCUT2D eigenvalue weighted by molar-refractivity contribution is 5.92. The molecule has 0 saturated carbocycles. The molecule has 0 bridgehead atoms. The van der Waals surface area contributed by atoms with Crippen molar-refractivity contribution in [3.8, 4) is 5.69 Å². The van der Waals surface area contributed by atoms with E-state index in [2.05, 4.69) is 15.7 Å². The van der Waals surface area contributed by atoms with Crippen molar-refractivity contribution < 1.29 is 14.0 Å². The maximum absolute atomic E-state index is 13.2. The molecule has 2 amide bonds. The van der Waals surface area contributed by atoms with Gasteiger partial charge in [0.2, 0.25) is 11.8 Å². The zero-order valence-corrected chi connectivity index (χ0v) is 18.6. The third kappa shape index (κ3) is 5.69. The highest BCUT2D eigenvalue weighted by atomic mass is 19.1. The summed E-state index contributed by atoms with van der Waals surface area (Å²) in [5, 5.41) is 10.2. The van der Waals surface area contributed by atoms with E-state index in [1.165, 1.54) is 18.2 Å².